The fraction of sp³-hybridized carbons (Fsp3) is 0.417. The van der Waals surface area contributed by atoms with Gasteiger partial charge in [-0.3, -0.25) is 0 Å². The number of hydrogen-bond acceptors (Lipinski definition) is 5. The summed E-state index contributed by atoms with van der Waals surface area (Å²) >= 11 is 1.64. The number of nitrogen functional groups attached to an aromatic ring is 1. The lowest BCUT2D eigenvalue weighted by Gasteiger charge is -2.16. The third kappa shape index (κ3) is 2.50. The molecule has 1 aromatic heterocycles. The molecular weight excluding hydrogens is 234 g/mol. The fourth-order valence-electron chi connectivity index (χ4n) is 1.73. The number of aromatic nitrogens is 1. The van der Waals surface area contributed by atoms with Gasteiger partial charge in [-0.25, -0.2) is 4.98 Å². The molecule has 17 heavy (non-hydrogen) atoms. The Balaban J connectivity index is 2.36. The lowest BCUT2D eigenvalue weighted by Crippen LogP contribution is -2.23. The van der Waals surface area contributed by atoms with Crippen molar-refractivity contribution in [3.8, 4) is 0 Å². The lowest BCUT2D eigenvalue weighted by molar-refractivity contribution is 0.272. The van der Waals surface area contributed by atoms with Gasteiger partial charge in [0.2, 0.25) is 0 Å². The standard InChI is InChI=1S/C12H17N3OS/c1-3-8(6-16)15-10-5-11-12(4-9(10)13)17-7(2)14-11/h4-5,8,15-16H,3,6,13H2,1-2H3. The molecule has 0 saturated carbocycles. The number of aliphatic hydroxyl groups excluding tert-OH is 1. The Labute approximate surface area is 104 Å². The number of benzene rings is 1. The van der Waals surface area contributed by atoms with E-state index >= 15 is 0 Å². The fourth-order valence-corrected chi connectivity index (χ4v) is 2.58. The predicted octanol–water partition coefficient (Wildman–Crippen LogP) is 2.37. The van der Waals surface area contributed by atoms with Crippen molar-refractivity contribution in [2.24, 2.45) is 0 Å². The van der Waals surface area contributed by atoms with Gasteiger partial charge in [0.25, 0.3) is 0 Å². The third-order valence-electron chi connectivity index (χ3n) is 2.74. The van der Waals surface area contributed by atoms with E-state index in [1.807, 2.05) is 26.0 Å². The van der Waals surface area contributed by atoms with Crippen LogP contribution in [0.5, 0.6) is 0 Å². The summed E-state index contributed by atoms with van der Waals surface area (Å²) in [5.41, 5.74) is 8.50. The van der Waals surface area contributed by atoms with E-state index in [0.717, 1.165) is 27.3 Å². The number of fused-ring (bicyclic) bond motifs is 1. The number of nitrogens with zero attached hydrogens (tertiary/aromatic N) is 1. The number of nitrogens with one attached hydrogen (secondary N) is 1. The molecule has 4 nitrogen and oxygen atoms in total. The van der Waals surface area contributed by atoms with Gasteiger partial charge < -0.3 is 16.2 Å². The summed E-state index contributed by atoms with van der Waals surface area (Å²) in [6, 6.07) is 3.92. The van der Waals surface area contributed by atoms with E-state index < -0.39 is 0 Å². The van der Waals surface area contributed by atoms with Crippen molar-refractivity contribution in [1.82, 2.24) is 4.98 Å². The maximum Gasteiger partial charge on any atom is 0.0907 e. The topological polar surface area (TPSA) is 71.2 Å². The summed E-state index contributed by atoms with van der Waals surface area (Å²) < 4.78 is 1.10. The average Bonchev–Trinajstić information content (AvgIpc) is 2.65. The third-order valence-corrected chi connectivity index (χ3v) is 3.67. The summed E-state index contributed by atoms with van der Waals surface area (Å²) in [6.45, 7) is 4.11. The Morgan fingerprint density at radius 2 is 2.29 bits per heavy atom. The van der Waals surface area contributed by atoms with E-state index in [0.29, 0.717) is 5.69 Å². The zero-order valence-electron chi connectivity index (χ0n) is 10.0. The number of rotatable bonds is 4. The van der Waals surface area contributed by atoms with Crippen LogP contribution in [0.3, 0.4) is 0 Å². The van der Waals surface area contributed by atoms with Crippen LogP contribution in [0, 0.1) is 6.92 Å². The first-order chi connectivity index (χ1) is 8.13. The van der Waals surface area contributed by atoms with Crippen molar-refractivity contribution in [3.63, 3.8) is 0 Å². The molecule has 0 aliphatic heterocycles. The Kier molecular flexibility index (Phi) is 3.49. The van der Waals surface area contributed by atoms with Gasteiger partial charge in [0, 0.05) is 6.04 Å². The van der Waals surface area contributed by atoms with Gasteiger partial charge in [0.1, 0.15) is 0 Å². The van der Waals surface area contributed by atoms with Crippen molar-refractivity contribution in [3.05, 3.63) is 17.1 Å². The number of aryl methyl sites for hydroxylation is 1. The largest absolute Gasteiger partial charge is 0.397 e. The maximum atomic E-state index is 9.18. The SMILES string of the molecule is CCC(CO)Nc1cc2nc(C)sc2cc1N. The Bertz CT molecular complexity index is 520. The second-order valence-electron chi connectivity index (χ2n) is 4.07. The minimum atomic E-state index is 0.0366. The summed E-state index contributed by atoms with van der Waals surface area (Å²) in [5.74, 6) is 0. The van der Waals surface area contributed by atoms with Crippen molar-refractivity contribution >= 4 is 32.9 Å². The van der Waals surface area contributed by atoms with Gasteiger partial charge in [-0.15, -0.1) is 11.3 Å². The zero-order valence-corrected chi connectivity index (χ0v) is 10.8. The maximum absolute atomic E-state index is 9.18. The van der Waals surface area contributed by atoms with Crippen molar-refractivity contribution in [1.29, 1.82) is 0 Å². The highest BCUT2D eigenvalue weighted by Gasteiger charge is 2.09. The van der Waals surface area contributed by atoms with Crippen LogP contribution in [0.2, 0.25) is 0 Å². The molecule has 0 bridgehead atoms. The smallest absolute Gasteiger partial charge is 0.0907 e. The molecule has 0 aliphatic rings. The van der Waals surface area contributed by atoms with Crippen molar-refractivity contribution < 1.29 is 5.11 Å². The molecule has 0 fully saturated rings. The normalized spacial score (nSPS) is 12.9. The minimum absolute atomic E-state index is 0.0366. The minimum Gasteiger partial charge on any atom is -0.397 e. The van der Waals surface area contributed by atoms with E-state index in [4.69, 9.17) is 5.73 Å². The zero-order chi connectivity index (χ0) is 12.4. The molecule has 0 aliphatic carbocycles. The molecule has 4 N–H and O–H groups in total. The van der Waals surface area contributed by atoms with Crippen LogP contribution in [-0.4, -0.2) is 22.7 Å². The van der Waals surface area contributed by atoms with E-state index in [1.165, 1.54) is 0 Å². The van der Waals surface area contributed by atoms with E-state index in [-0.39, 0.29) is 12.6 Å². The van der Waals surface area contributed by atoms with Gasteiger partial charge >= 0.3 is 0 Å². The van der Waals surface area contributed by atoms with Gasteiger partial charge in [-0.2, -0.15) is 0 Å². The summed E-state index contributed by atoms with van der Waals surface area (Å²) in [7, 11) is 0. The molecule has 0 saturated heterocycles. The van der Waals surface area contributed by atoms with Crippen molar-refractivity contribution in [2.45, 2.75) is 26.3 Å². The van der Waals surface area contributed by atoms with Crippen molar-refractivity contribution in [2.75, 3.05) is 17.7 Å². The molecule has 1 unspecified atom stereocenters. The molecule has 1 heterocycles. The number of hydrogen-bond donors (Lipinski definition) is 3. The van der Waals surface area contributed by atoms with Crippen LogP contribution >= 0.6 is 11.3 Å². The highest BCUT2D eigenvalue weighted by molar-refractivity contribution is 7.18. The molecular formula is C12H17N3OS. The molecule has 0 spiro atoms. The molecule has 92 valence electrons. The van der Waals surface area contributed by atoms with Crippen LogP contribution in [0.1, 0.15) is 18.4 Å². The first kappa shape index (κ1) is 12.1. The molecule has 2 aromatic rings. The molecule has 2 rings (SSSR count). The summed E-state index contributed by atoms with van der Waals surface area (Å²) in [4.78, 5) is 4.43. The summed E-state index contributed by atoms with van der Waals surface area (Å²) in [5, 5.41) is 13.4. The lowest BCUT2D eigenvalue weighted by atomic mass is 10.2. The van der Waals surface area contributed by atoms with Gasteiger partial charge in [0.15, 0.2) is 0 Å². The van der Waals surface area contributed by atoms with E-state index in [1.54, 1.807) is 11.3 Å². The van der Waals surface area contributed by atoms with E-state index in [2.05, 4.69) is 10.3 Å². The highest BCUT2D eigenvalue weighted by Crippen LogP contribution is 2.30. The van der Waals surface area contributed by atoms with E-state index in [9.17, 15) is 5.11 Å². The number of thiazole rings is 1. The monoisotopic (exact) mass is 251 g/mol. The second kappa shape index (κ2) is 4.89. The van der Waals surface area contributed by atoms with Crippen LogP contribution in [-0.2, 0) is 0 Å². The number of anilines is 2. The summed E-state index contributed by atoms with van der Waals surface area (Å²) in [6.07, 6.45) is 0.851. The highest BCUT2D eigenvalue weighted by atomic mass is 32.1. The van der Waals surface area contributed by atoms with Crippen LogP contribution in [0.25, 0.3) is 10.2 Å². The molecule has 1 atom stereocenters. The van der Waals surface area contributed by atoms with Crippen LogP contribution < -0.4 is 11.1 Å². The number of aliphatic hydroxyl groups is 1. The molecule has 0 radical (unpaired) electrons. The number of nitrogens with two attached hydrogens (primary N) is 1. The quantitative estimate of drug-likeness (QED) is 0.730. The molecule has 0 amide bonds. The first-order valence-electron chi connectivity index (χ1n) is 5.68. The average molecular weight is 251 g/mol. The van der Waals surface area contributed by atoms with Crippen LogP contribution in [0.15, 0.2) is 12.1 Å². The molecule has 1 aromatic carbocycles. The molecule has 5 heteroatoms. The Hall–Kier alpha value is -1.33. The van der Waals surface area contributed by atoms with Crippen LogP contribution in [0.4, 0.5) is 11.4 Å². The first-order valence-corrected chi connectivity index (χ1v) is 6.49. The Morgan fingerprint density at radius 1 is 1.53 bits per heavy atom. The van der Waals surface area contributed by atoms with Gasteiger partial charge in [0.05, 0.1) is 33.2 Å². The van der Waals surface area contributed by atoms with Gasteiger partial charge in [-0.1, -0.05) is 6.92 Å². The Morgan fingerprint density at radius 3 is 2.94 bits per heavy atom. The second-order valence-corrected chi connectivity index (χ2v) is 5.31. The van der Waals surface area contributed by atoms with Gasteiger partial charge in [-0.05, 0) is 25.5 Å². The predicted molar refractivity (Wildman–Crippen MR) is 73.6 cm³/mol.